The van der Waals surface area contributed by atoms with Crippen molar-refractivity contribution in [1.29, 1.82) is 0 Å². The molecule has 0 unspecified atom stereocenters. The van der Waals surface area contributed by atoms with Gasteiger partial charge in [-0.25, -0.2) is 4.98 Å². The SMILES string of the molecule is CCOc1cc(CNCCCn2ccnc2)c(Br)cc1OC(C)C. The molecular weight excluding hydrogens is 370 g/mol. The van der Waals surface area contributed by atoms with Gasteiger partial charge in [-0.1, -0.05) is 15.9 Å². The van der Waals surface area contributed by atoms with Crippen LogP contribution < -0.4 is 14.8 Å². The van der Waals surface area contributed by atoms with Crippen LogP contribution in [-0.4, -0.2) is 28.8 Å². The average Bonchev–Trinajstić information content (AvgIpc) is 3.04. The second kappa shape index (κ2) is 9.69. The molecule has 0 bridgehead atoms. The molecule has 0 fully saturated rings. The molecule has 0 radical (unpaired) electrons. The Morgan fingerprint density at radius 2 is 2.12 bits per heavy atom. The largest absolute Gasteiger partial charge is 0.490 e. The molecule has 24 heavy (non-hydrogen) atoms. The van der Waals surface area contributed by atoms with Crippen LogP contribution in [0.4, 0.5) is 0 Å². The summed E-state index contributed by atoms with van der Waals surface area (Å²) >= 11 is 3.64. The van der Waals surface area contributed by atoms with Gasteiger partial charge in [-0.15, -0.1) is 0 Å². The van der Waals surface area contributed by atoms with Crippen LogP contribution in [0.5, 0.6) is 11.5 Å². The normalized spacial score (nSPS) is 11.0. The highest BCUT2D eigenvalue weighted by molar-refractivity contribution is 9.10. The van der Waals surface area contributed by atoms with E-state index in [1.165, 1.54) is 0 Å². The Bertz CT molecular complexity index is 615. The molecular formula is C18H26BrN3O2. The smallest absolute Gasteiger partial charge is 0.162 e. The monoisotopic (exact) mass is 395 g/mol. The maximum atomic E-state index is 5.83. The molecule has 0 spiro atoms. The quantitative estimate of drug-likeness (QED) is 0.617. The van der Waals surface area contributed by atoms with Crippen molar-refractivity contribution in [1.82, 2.24) is 14.9 Å². The van der Waals surface area contributed by atoms with E-state index in [9.17, 15) is 0 Å². The number of aromatic nitrogens is 2. The van der Waals surface area contributed by atoms with Crippen LogP contribution in [0.25, 0.3) is 0 Å². The lowest BCUT2D eigenvalue weighted by Crippen LogP contribution is -2.17. The molecule has 2 aromatic rings. The zero-order valence-corrected chi connectivity index (χ0v) is 16.2. The van der Waals surface area contributed by atoms with Gasteiger partial charge in [0.05, 0.1) is 19.0 Å². The van der Waals surface area contributed by atoms with Crippen molar-refractivity contribution >= 4 is 15.9 Å². The number of rotatable bonds is 10. The minimum atomic E-state index is 0.114. The molecule has 2 rings (SSSR count). The molecule has 6 heteroatoms. The molecule has 1 aromatic carbocycles. The first-order valence-corrected chi connectivity index (χ1v) is 9.17. The highest BCUT2D eigenvalue weighted by atomic mass is 79.9. The Morgan fingerprint density at radius 3 is 2.79 bits per heavy atom. The molecule has 0 saturated carbocycles. The Balaban J connectivity index is 1.90. The molecule has 5 nitrogen and oxygen atoms in total. The van der Waals surface area contributed by atoms with E-state index in [0.29, 0.717) is 6.61 Å². The van der Waals surface area contributed by atoms with Crippen LogP contribution in [0, 0.1) is 0 Å². The number of halogens is 1. The summed E-state index contributed by atoms with van der Waals surface area (Å²) in [6.45, 7) is 9.33. The van der Waals surface area contributed by atoms with Crippen molar-refractivity contribution in [2.45, 2.75) is 46.4 Å². The van der Waals surface area contributed by atoms with E-state index < -0.39 is 0 Å². The van der Waals surface area contributed by atoms with Crippen LogP contribution in [0.15, 0.2) is 35.3 Å². The molecule has 0 aliphatic carbocycles. The number of nitrogens with zero attached hydrogens (tertiary/aromatic N) is 2. The molecule has 1 aromatic heterocycles. The Hall–Kier alpha value is -1.53. The van der Waals surface area contributed by atoms with Crippen molar-refractivity contribution in [2.75, 3.05) is 13.2 Å². The van der Waals surface area contributed by atoms with Gasteiger partial charge in [-0.05, 0) is 51.4 Å². The molecule has 0 atom stereocenters. The van der Waals surface area contributed by atoms with E-state index in [4.69, 9.17) is 9.47 Å². The Morgan fingerprint density at radius 1 is 1.29 bits per heavy atom. The fraction of sp³-hybridized carbons (Fsp3) is 0.500. The van der Waals surface area contributed by atoms with Crippen LogP contribution in [0.1, 0.15) is 32.8 Å². The summed E-state index contributed by atoms with van der Waals surface area (Å²) in [5.74, 6) is 1.58. The number of nitrogens with one attached hydrogen (secondary N) is 1. The summed E-state index contributed by atoms with van der Waals surface area (Å²) in [5.41, 5.74) is 1.16. The second-order valence-electron chi connectivity index (χ2n) is 5.82. The summed E-state index contributed by atoms with van der Waals surface area (Å²) < 4.78 is 14.7. The molecule has 132 valence electrons. The van der Waals surface area contributed by atoms with E-state index in [2.05, 4.69) is 30.8 Å². The standard InChI is InChI=1S/C18H26BrN3O2/c1-4-23-17-10-15(16(19)11-18(17)24-14(2)3)12-20-6-5-8-22-9-7-21-13-22/h7,9-11,13-14,20H,4-6,8,12H2,1-3H3. The third-order valence-corrected chi connectivity index (χ3v) is 4.16. The van der Waals surface area contributed by atoms with E-state index in [1.54, 1.807) is 6.20 Å². The fourth-order valence-electron chi connectivity index (χ4n) is 2.36. The first-order valence-electron chi connectivity index (χ1n) is 8.38. The predicted octanol–water partition coefficient (Wildman–Crippen LogP) is 4.01. The van der Waals surface area contributed by atoms with Gasteiger partial charge in [0.2, 0.25) is 0 Å². The van der Waals surface area contributed by atoms with E-state index in [-0.39, 0.29) is 6.10 Å². The molecule has 0 amide bonds. The predicted molar refractivity (Wildman–Crippen MR) is 99.6 cm³/mol. The third kappa shape index (κ3) is 5.83. The second-order valence-corrected chi connectivity index (χ2v) is 6.68. The van der Waals surface area contributed by atoms with Gasteiger partial charge in [0.1, 0.15) is 0 Å². The molecule has 0 saturated heterocycles. The van der Waals surface area contributed by atoms with Crippen LogP contribution >= 0.6 is 15.9 Å². The van der Waals surface area contributed by atoms with E-state index in [1.807, 2.05) is 45.4 Å². The number of imidazole rings is 1. The zero-order chi connectivity index (χ0) is 17.4. The van der Waals surface area contributed by atoms with Gasteiger partial charge in [0.25, 0.3) is 0 Å². The van der Waals surface area contributed by atoms with Crippen LogP contribution in [-0.2, 0) is 13.1 Å². The summed E-state index contributed by atoms with van der Waals surface area (Å²) in [5, 5.41) is 3.47. The van der Waals surface area contributed by atoms with Crippen molar-refractivity contribution in [3.8, 4) is 11.5 Å². The maximum Gasteiger partial charge on any atom is 0.162 e. The zero-order valence-electron chi connectivity index (χ0n) is 14.6. The van der Waals surface area contributed by atoms with Gasteiger partial charge in [0, 0.05) is 30.0 Å². The number of benzene rings is 1. The summed E-state index contributed by atoms with van der Waals surface area (Å²) in [7, 11) is 0. The molecule has 1 heterocycles. The topological polar surface area (TPSA) is 48.3 Å². The van der Waals surface area contributed by atoms with Crippen LogP contribution in [0.3, 0.4) is 0 Å². The number of aryl methyl sites for hydroxylation is 1. The lowest BCUT2D eigenvalue weighted by atomic mass is 10.2. The summed E-state index contributed by atoms with van der Waals surface area (Å²) in [4.78, 5) is 4.05. The van der Waals surface area contributed by atoms with Crippen molar-refractivity contribution in [2.24, 2.45) is 0 Å². The van der Waals surface area contributed by atoms with Crippen LogP contribution in [0.2, 0.25) is 0 Å². The molecule has 1 N–H and O–H groups in total. The number of hydrogen-bond acceptors (Lipinski definition) is 4. The number of hydrogen-bond donors (Lipinski definition) is 1. The lowest BCUT2D eigenvalue weighted by molar-refractivity contribution is 0.223. The highest BCUT2D eigenvalue weighted by Crippen LogP contribution is 2.34. The van der Waals surface area contributed by atoms with Gasteiger partial charge in [0.15, 0.2) is 11.5 Å². The van der Waals surface area contributed by atoms with E-state index >= 15 is 0 Å². The molecule has 0 aliphatic rings. The lowest BCUT2D eigenvalue weighted by Gasteiger charge is -2.17. The first-order chi connectivity index (χ1) is 11.6. The van der Waals surface area contributed by atoms with Gasteiger partial charge >= 0.3 is 0 Å². The van der Waals surface area contributed by atoms with Gasteiger partial charge in [-0.2, -0.15) is 0 Å². The average molecular weight is 396 g/mol. The highest BCUT2D eigenvalue weighted by Gasteiger charge is 2.12. The van der Waals surface area contributed by atoms with Crippen molar-refractivity contribution in [3.05, 3.63) is 40.9 Å². The third-order valence-electron chi connectivity index (χ3n) is 3.42. The molecule has 0 aliphatic heterocycles. The van der Waals surface area contributed by atoms with Gasteiger partial charge < -0.3 is 19.4 Å². The maximum absolute atomic E-state index is 5.83. The van der Waals surface area contributed by atoms with Crippen molar-refractivity contribution < 1.29 is 9.47 Å². The summed E-state index contributed by atoms with van der Waals surface area (Å²) in [6.07, 6.45) is 6.81. The first kappa shape index (κ1) is 18.8. The Kier molecular flexibility index (Phi) is 7.59. The number of ether oxygens (including phenoxy) is 2. The minimum Gasteiger partial charge on any atom is -0.490 e. The van der Waals surface area contributed by atoms with Gasteiger partial charge in [-0.3, -0.25) is 0 Å². The van der Waals surface area contributed by atoms with E-state index in [0.717, 1.165) is 47.6 Å². The van der Waals surface area contributed by atoms with Crippen molar-refractivity contribution in [3.63, 3.8) is 0 Å². The fourth-order valence-corrected chi connectivity index (χ4v) is 2.82. The minimum absolute atomic E-state index is 0.114. The summed E-state index contributed by atoms with van der Waals surface area (Å²) in [6, 6.07) is 4.04. The Labute approximate surface area is 152 Å².